The highest BCUT2D eigenvalue weighted by Gasteiger charge is 2.28. The fourth-order valence-electron chi connectivity index (χ4n) is 4.26. The van der Waals surface area contributed by atoms with Crippen LogP contribution in [0.25, 0.3) is 10.8 Å². The molecule has 2 aromatic carbocycles. The maximum Gasteiger partial charge on any atom is 0.275 e. The molecule has 1 fully saturated rings. The van der Waals surface area contributed by atoms with Gasteiger partial charge in [0.05, 0.1) is 23.7 Å². The van der Waals surface area contributed by atoms with Crippen LogP contribution in [0.15, 0.2) is 76.2 Å². The van der Waals surface area contributed by atoms with E-state index in [9.17, 15) is 9.59 Å². The van der Waals surface area contributed by atoms with Crippen LogP contribution < -0.4 is 5.56 Å². The van der Waals surface area contributed by atoms with Crippen molar-refractivity contribution in [1.29, 1.82) is 0 Å². The van der Waals surface area contributed by atoms with Crippen molar-refractivity contribution in [2.75, 3.05) is 13.1 Å². The molecule has 7 heteroatoms. The van der Waals surface area contributed by atoms with E-state index in [-0.39, 0.29) is 23.9 Å². The molecule has 1 aliphatic rings. The van der Waals surface area contributed by atoms with Crippen molar-refractivity contribution in [2.24, 2.45) is 0 Å². The molecule has 0 saturated carbocycles. The highest BCUT2D eigenvalue weighted by Crippen LogP contribution is 2.27. The van der Waals surface area contributed by atoms with Gasteiger partial charge < -0.3 is 9.32 Å². The predicted molar refractivity (Wildman–Crippen MR) is 120 cm³/mol. The summed E-state index contributed by atoms with van der Waals surface area (Å²) in [6.07, 6.45) is 5.89. The lowest BCUT2D eigenvalue weighted by atomic mass is 9.98. The zero-order valence-corrected chi connectivity index (χ0v) is 17.7. The van der Waals surface area contributed by atoms with Crippen LogP contribution in [-0.2, 0) is 17.8 Å². The lowest BCUT2D eigenvalue weighted by Crippen LogP contribution is -2.42. The molecule has 4 aromatic rings. The Balaban J connectivity index is 1.27. The van der Waals surface area contributed by atoms with Crippen molar-refractivity contribution in [3.05, 3.63) is 94.6 Å². The summed E-state index contributed by atoms with van der Waals surface area (Å²) in [4.78, 5) is 31.9. The van der Waals surface area contributed by atoms with E-state index in [0.717, 1.165) is 24.0 Å². The van der Waals surface area contributed by atoms with E-state index in [1.54, 1.807) is 23.4 Å². The van der Waals surface area contributed by atoms with Crippen molar-refractivity contribution in [2.45, 2.75) is 31.7 Å². The molecule has 3 heterocycles. The highest BCUT2D eigenvalue weighted by atomic mass is 16.4. The minimum atomic E-state index is -0.247. The monoisotopic (exact) mass is 428 g/mol. The van der Waals surface area contributed by atoms with Crippen LogP contribution in [0.1, 0.15) is 36.0 Å². The van der Waals surface area contributed by atoms with Crippen LogP contribution in [0.3, 0.4) is 0 Å². The van der Waals surface area contributed by atoms with Crippen molar-refractivity contribution in [3.63, 3.8) is 0 Å². The zero-order valence-electron chi connectivity index (χ0n) is 17.7. The van der Waals surface area contributed by atoms with E-state index < -0.39 is 0 Å². The smallest absolute Gasteiger partial charge is 0.275 e. The Kier molecular flexibility index (Phi) is 5.54. The van der Waals surface area contributed by atoms with Gasteiger partial charge in [0.2, 0.25) is 5.91 Å². The topological polar surface area (TPSA) is 81.2 Å². The largest absolute Gasteiger partial charge is 0.445 e. The number of amides is 1. The van der Waals surface area contributed by atoms with Crippen LogP contribution in [0, 0.1) is 0 Å². The first-order valence-electron chi connectivity index (χ1n) is 10.9. The van der Waals surface area contributed by atoms with Gasteiger partial charge in [-0.05, 0) is 24.5 Å². The van der Waals surface area contributed by atoms with Crippen LogP contribution in [0.4, 0.5) is 0 Å². The second-order valence-corrected chi connectivity index (χ2v) is 8.20. The van der Waals surface area contributed by atoms with Gasteiger partial charge in [-0.2, -0.15) is 5.10 Å². The molecule has 0 bridgehead atoms. The summed E-state index contributed by atoms with van der Waals surface area (Å²) in [6, 6.07) is 17.4. The third kappa shape index (κ3) is 4.19. The summed E-state index contributed by atoms with van der Waals surface area (Å²) in [6.45, 7) is 1.13. The molecule has 2 aromatic heterocycles. The van der Waals surface area contributed by atoms with Crippen molar-refractivity contribution >= 4 is 16.7 Å². The quantitative estimate of drug-likeness (QED) is 0.487. The molecule has 1 aliphatic heterocycles. The third-order valence-corrected chi connectivity index (χ3v) is 5.96. The van der Waals surface area contributed by atoms with E-state index >= 15 is 0 Å². The SMILES string of the molecule is O=C(Cn1ncc2ccccc2c1=O)N1CCC[C@@H](c2ncc(Cc3ccccc3)o2)C1. The maximum absolute atomic E-state index is 13.0. The fourth-order valence-corrected chi connectivity index (χ4v) is 4.26. The molecule has 0 aliphatic carbocycles. The number of nitrogens with zero attached hydrogens (tertiary/aromatic N) is 4. The number of hydrogen-bond donors (Lipinski definition) is 0. The summed E-state index contributed by atoms with van der Waals surface area (Å²) in [5.41, 5.74) is 0.923. The molecule has 0 radical (unpaired) electrons. The van der Waals surface area contributed by atoms with Gasteiger partial charge in [-0.25, -0.2) is 9.67 Å². The van der Waals surface area contributed by atoms with Gasteiger partial charge in [0.25, 0.3) is 5.56 Å². The lowest BCUT2D eigenvalue weighted by Gasteiger charge is -2.31. The number of carbonyl (C=O) groups is 1. The van der Waals surface area contributed by atoms with E-state index in [2.05, 4.69) is 22.2 Å². The minimum absolute atomic E-state index is 0.0542. The molecule has 0 unspecified atom stereocenters. The average molecular weight is 428 g/mol. The van der Waals surface area contributed by atoms with Crippen LogP contribution >= 0.6 is 0 Å². The van der Waals surface area contributed by atoms with E-state index in [1.807, 2.05) is 36.4 Å². The van der Waals surface area contributed by atoms with Gasteiger partial charge in [-0.15, -0.1) is 0 Å². The molecule has 162 valence electrons. The molecular weight excluding hydrogens is 404 g/mol. The number of benzene rings is 2. The van der Waals surface area contributed by atoms with Gasteiger partial charge in [-0.1, -0.05) is 48.5 Å². The average Bonchev–Trinajstić information content (AvgIpc) is 3.30. The number of piperidine rings is 1. The van der Waals surface area contributed by atoms with E-state index in [1.165, 1.54) is 10.2 Å². The summed E-state index contributed by atoms with van der Waals surface area (Å²) >= 11 is 0. The highest BCUT2D eigenvalue weighted by molar-refractivity contribution is 5.81. The second kappa shape index (κ2) is 8.78. The molecule has 32 heavy (non-hydrogen) atoms. The van der Waals surface area contributed by atoms with Crippen LogP contribution in [0.2, 0.25) is 0 Å². The predicted octanol–water partition coefficient (Wildman–Crippen LogP) is 3.38. The number of likely N-dealkylation sites (tertiary alicyclic amines) is 1. The lowest BCUT2D eigenvalue weighted by molar-refractivity contribution is -0.133. The molecule has 0 N–H and O–H groups in total. The number of carbonyl (C=O) groups excluding carboxylic acids is 1. The molecule has 1 saturated heterocycles. The third-order valence-electron chi connectivity index (χ3n) is 5.96. The molecule has 1 atom stereocenters. The normalized spacial score (nSPS) is 16.4. The Morgan fingerprint density at radius 1 is 1.06 bits per heavy atom. The number of aromatic nitrogens is 3. The van der Waals surface area contributed by atoms with Crippen LogP contribution in [0.5, 0.6) is 0 Å². The Labute approximate surface area is 185 Å². The first kappa shape index (κ1) is 20.2. The summed E-state index contributed by atoms with van der Waals surface area (Å²) < 4.78 is 7.27. The molecule has 5 rings (SSSR count). The maximum atomic E-state index is 13.0. The van der Waals surface area contributed by atoms with Crippen molar-refractivity contribution in [1.82, 2.24) is 19.7 Å². The first-order chi connectivity index (χ1) is 15.7. The zero-order chi connectivity index (χ0) is 21.9. The van der Waals surface area contributed by atoms with Gasteiger partial charge in [-0.3, -0.25) is 9.59 Å². The van der Waals surface area contributed by atoms with Crippen molar-refractivity contribution in [3.8, 4) is 0 Å². The minimum Gasteiger partial charge on any atom is -0.445 e. The Morgan fingerprint density at radius 2 is 1.88 bits per heavy atom. The first-order valence-corrected chi connectivity index (χ1v) is 10.9. The standard InChI is InChI=1S/C25H24N4O3/c30-23(17-29-25(31)22-11-5-4-9-19(22)14-27-29)28-12-6-10-20(16-28)24-26-15-21(32-24)13-18-7-2-1-3-8-18/h1-5,7-9,11,14-15,20H,6,10,12-13,16-17H2/t20-/m1/s1. The number of fused-ring (bicyclic) bond motifs is 1. The second-order valence-electron chi connectivity index (χ2n) is 8.20. The molecule has 1 amide bonds. The molecule has 7 nitrogen and oxygen atoms in total. The van der Waals surface area contributed by atoms with Crippen molar-refractivity contribution < 1.29 is 9.21 Å². The molecule has 0 spiro atoms. The van der Waals surface area contributed by atoms with Gasteiger partial charge >= 0.3 is 0 Å². The van der Waals surface area contributed by atoms with Crippen LogP contribution in [-0.4, -0.2) is 38.7 Å². The molecular formula is C25H24N4O3. The summed E-state index contributed by atoms with van der Waals surface area (Å²) in [5.74, 6) is 1.44. The van der Waals surface area contributed by atoms with E-state index in [4.69, 9.17) is 4.42 Å². The fraction of sp³-hybridized carbons (Fsp3) is 0.280. The van der Waals surface area contributed by atoms with Gasteiger partial charge in [0.1, 0.15) is 12.3 Å². The Hall–Kier alpha value is -3.74. The number of oxazole rings is 1. The van der Waals surface area contributed by atoms with Gasteiger partial charge in [0.15, 0.2) is 5.89 Å². The number of rotatable bonds is 5. The number of hydrogen-bond acceptors (Lipinski definition) is 5. The van der Waals surface area contributed by atoms with E-state index in [0.29, 0.717) is 30.8 Å². The summed E-state index contributed by atoms with van der Waals surface area (Å²) in [7, 11) is 0. The Morgan fingerprint density at radius 3 is 2.75 bits per heavy atom. The van der Waals surface area contributed by atoms with Gasteiger partial charge in [0, 0.05) is 24.9 Å². The summed E-state index contributed by atoms with van der Waals surface area (Å²) in [5, 5.41) is 5.53. The Bertz CT molecular complexity index is 1300.